The molecule has 19 heavy (non-hydrogen) atoms. The van der Waals surface area contributed by atoms with E-state index in [0.29, 0.717) is 12.5 Å². The van der Waals surface area contributed by atoms with Crippen molar-refractivity contribution in [3.63, 3.8) is 0 Å². The Labute approximate surface area is 117 Å². The number of ether oxygens (including phenoxy) is 1. The van der Waals surface area contributed by atoms with Crippen LogP contribution in [0.1, 0.15) is 46.5 Å². The minimum atomic E-state index is -0.330. The highest BCUT2D eigenvalue weighted by molar-refractivity contribution is 5.83. The summed E-state index contributed by atoms with van der Waals surface area (Å²) in [5, 5.41) is 6.51. The lowest BCUT2D eigenvalue weighted by atomic mass is 9.78. The van der Waals surface area contributed by atoms with Crippen molar-refractivity contribution in [3.8, 4) is 0 Å². The molecule has 0 aliphatic carbocycles. The van der Waals surface area contributed by atoms with Crippen LogP contribution in [-0.4, -0.2) is 38.8 Å². The average molecular weight is 270 g/mol. The molecule has 0 aromatic rings. The molecule has 4 heteroatoms. The van der Waals surface area contributed by atoms with Crippen LogP contribution in [0.5, 0.6) is 0 Å². The number of methoxy groups -OCH3 is 1. The number of hydrogen-bond acceptors (Lipinski definition) is 3. The van der Waals surface area contributed by atoms with Crippen LogP contribution in [0.15, 0.2) is 0 Å². The van der Waals surface area contributed by atoms with Gasteiger partial charge in [0.1, 0.15) is 0 Å². The number of carbonyl (C=O) groups is 1. The Kier molecular flexibility index (Phi) is 6.80. The van der Waals surface area contributed by atoms with Crippen LogP contribution < -0.4 is 10.6 Å². The molecule has 0 aromatic carbocycles. The summed E-state index contributed by atoms with van der Waals surface area (Å²) in [7, 11) is 1.68. The number of piperidine rings is 1. The largest absolute Gasteiger partial charge is 0.384 e. The molecule has 2 N–H and O–H groups in total. The first-order valence-electron chi connectivity index (χ1n) is 7.54. The standard InChI is InChI=1S/C15H30N2O2/c1-5-12(2)10-13(3)17-14(18)15(11-19-4)6-8-16-9-7-15/h12-13,16H,5-11H2,1-4H3,(H,17,18). The molecule has 1 aliphatic rings. The Morgan fingerprint density at radius 2 is 2.00 bits per heavy atom. The van der Waals surface area contributed by atoms with E-state index >= 15 is 0 Å². The van der Waals surface area contributed by atoms with Gasteiger partial charge in [0.25, 0.3) is 0 Å². The van der Waals surface area contributed by atoms with Crippen LogP contribution in [0.2, 0.25) is 0 Å². The van der Waals surface area contributed by atoms with Gasteiger partial charge in [-0.1, -0.05) is 20.3 Å². The summed E-state index contributed by atoms with van der Waals surface area (Å²) < 4.78 is 5.30. The van der Waals surface area contributed by atoms with Gasteiger partial charge in [-0.25, -0.2) is 0 Å². The summed E-state index contributed by atoms with van der Waals surface area (Å²) in [6.45, 7) is 8.85. The Morgan fingerprint density at radius 3 is 2.53 bits per heavy atom. The van der Waals surface area contributed by atoms with Gasteiger partial charge in [-0.15, -0.1) is 0 Å². The lowest BCUT2D eigenvalue weighted by Gasteiger charge is -2.36. The molecule has 0 spiro atoms. The Bertz CT molecular complexity index is 270. The van der Waals surface area contributed by atoms with E-state index in [4.69, 9.17) is 4.74 Å². The Balaban J connectivity index is 2.56. The minimum absolute atomic E-state index is 0.173. The van der Waals surface area contributed by atoms with E-state index in [-0.39, 0.29) is 17.4 Å². The van der Waals surface area contributed by atoms with Crippen molar-refractivity contribution in [2.24, 2.45) is 11.3 Å². The van der Waals surface area contributed by atoms with Crippen molar-refractivity contribution in [2.75, 3.05) is 26.8 Å². The number of rotatable bonds is 7. The molecular formula is C15H30N2O2. The molecular weight excluding hydrogens is 240 g/mol. The Morgan fingerprint density at radius 1 is 1.37 bits per heavy atom. The zero-order valence-electron chi connectivity index (χ0n) is 12.9. The van der Waals surface area contributed by atoms with E-state index in [1.54, 1.807) is 7.11 Å². The quantitative estimate of drug-likeness (QED) is 0.743. The molecule has 1 saturated heterocycles. The first-order valence-corrected chi connectivity index (χ1v) is 7.54. The molecule has 1 rings (SSSR count). The summed E-state index contributed by atoms with van der Waals surface area (Å²) >= 11 is 0. The maximum absolute atomic E-state index is 12.6. The van der Waals surface area contributed by atoms with Crippen molar-refractivity contribution in [2.45, 2.75) is 52.5 Å². The van der Waals surface area contributed by atoms with Gasteiger partial charge in [-0.3, -0.25) is 4.79 Å². The molecule has 0 bridgehead atoms. The summed E-state index contributed by atoms with van der Waals surface area (Å²) in [5.41, 5.74) is -0.330. The fourth-order valence-electron chi connectivity index (χ4n) is 2.82. The fourth-order valence-corrected chi connectivity index (χ4v) is 2.82. The lowest BCUT2D eigenvalue weighted by molar-refractivity contribution is -0.136. The summed E-state index contributed by atoms with van der Waals surface area (Å²) in [4.78, 5) is 12.6. The van der Waals surface area contributed by atoms with Crippen LogP contribution in [0, 0.1) is 11.3 Å². The number of amides is 1. The number of hydrogen-bond donors (Lipinski definition) is 2. The average Bonchev–Trinajstić information content (AvgIpc) is 2.39. The zero-order valence-corrected chi connectivity index (χ0v) is 12.9. The second-order valence-corrected chi connectivity index (χ2v) is 6.09. The normalized spacial score (nSPS) is 21.7. The third-order valence-corrected chi connectivity index (χ3v) is 4.29. The summed E-state index contributed by atoms with van der Waals surface area (Å²) in [6, 6.07) is 0.242. The molecule has 0 aromatic heterocycles. The fraction of sp³-hybridized carbons (Fsp3) is 0.933. The van der Waals surface area contributed by atoms with E-state index in [9.17, 15) is 4.79 Å². The number of nitrogens with one attached hydrogen (secondary N) is 2. The molecule has 2 atom stereocenters. The Hall–Kier alpha value is -0.610. The molecule has 1 amide bonds. The van der Waals surface area contributed by atoms with Crippen LogP contribution in [-0.2, 0) is 9.53 Å². The van der Waals surface area contributed by atoms with Crippen LogP contribution >= 0.6 is 0 Å². The van der Waals surface area contributed by atoms with Gasteiger partial charge < -0.3 is 15.4 Å². The number of carbonyl (C=O) groups excluding carboxylic acids is 1. The van der Waals surface area contributed by atoms with Crippen LogP contribution in [0.25, 0.3) is 0 Å². The van der Waals surface area contributed by atoms with Crippen molar-refractivity contribution >= 4 is 5.91 Å². The maximum Gasteiger partial charge on any atom is 0.228 e. The third kappa shape index (κ3) is 4.77. The minimum Gasteiger partial charge on any atom is -0.384 e. The SMILES string of the molecule is CCC(C)CC(C)NC(=O)C1(COC)CCNCC1. The summed E-state index contributed by atoms with van der Waals surface area (Å²) in [6.07, 6.45) is 3.93. The molecule has 1 fully saturated rings. The molecule has 1 aliphatic heterocycles. The molecule has 112 valence electrons. The van der Waals surface area contributed by atoms with Crippen molar-refractivity contribution in [1.29, 1.82) is 0 Å². The van der Waals surface area contributed by atoms with Gasteiger partial charge in [0.15, 0.2) is 0 Å². The van der Waals surface area contributed by atoms with Gasteiger partial charge in [0.2, 0.25) is 5.91 Å². The first-order chi connectivity index (χ1) is 9.04. The van der Waals surface area contributed by atoms with Gasteiger partial charge in [0, 0.05) is 13.2 Å². The van der Waals surface area contributed by atoms with E-state index in [2.05, 4.69) is 31.4 Å². The van der Waals surface area contributed by atoms with Gasteiger partial charge in [-0.05, 0) is 45.2 Å². The van der Waals surface area contributed by atoms with E-state index in [1.165, 1.54) is 0 Å². The van der Waals surface area contributed by atoms with Crippen molar-refractivity contribution < 1.29 is 9.53 Å². The molecule has 4 nitrogen and oxygen atoms in total. The molecule has 2 unspecified atom stereocenters. The van der Waals surface area contributed by atoms with E-state index in [0.717, 1.165) is 38.8 Å². The van der Waals surface area contributed by atoms with Gasteiger partial charge >= 0.3 is 0 Å². The van der Waals surface area contributed by atoms with E-state index < -0.39 is 0 Å². The third-order valence-electron chi connectivity index (χ3n) is 4.29. The van der Waals surface area contributed by atoms with Gasteiger partial charge in [0.05, 0.1) is 12.0 Å². The monoisotopic (exact) mass is 270 g/mol. The van der Waals surface area contributed by atoms with Crippen molar-refractivity contribution in [3.05, 3.63) is 0 Å². The predicted octanol–water partition coefficient (Wildman–Crippen LogP) is 1.94. The summed E-state index contributed by atoms with van der Waals surface area (Å²) in [5.74, 6) is 0.827. The molecule has 0 radical (unpaired) electrons. The zero-order chi connectivity index (χ0) is 14.3. The lowest BCUT2D eigenvalue weighted by Crippen LogP contribution is -2.52. The van der Waals surface area contributed by atoms with Crippen LogP contribution in [0.4, 0.5) is 0 Å². The molecule has 0 saturated carbocycles. The highest BCUT2D eigenvalue weighted by atomic mass is 16.5. The van der Waals surface area contributed by atoms with Crippen LogP contribution in [0.3, 0.4) is 0 Å². The first kappa shape index (κ1) is 16.4. The topological polar surface area (TPSA) is 50.4 Å². The molecule has 1 heterocycles. The highest BCUT2D eigenvalue weighted by Crippen LogP contribution is 2.29. The highest BCUT2D eigenvalue weighted by Gasteiger charge is 2.39. The predicted molar refractivity (Wildman–Crippen MR) is 78.1 cm³/mol. The second-order valence-electron chi connectivity index (χ2n) is 6.09. The smallest absolute Gasteiger partial charge is 0.228 e. The van der Waals surface area contributed by atoms with E-state index in [1.807, 2.05) is 0 Å². The maximum atomic E-state index is 12.6. The van der Waals surface area contributed by atoms with Gasteiger partial charge in [-0.2, -0.15) is 0 Å². The van der Waals surface area contributed by atoms with Crippen molar-refractivity contribution in [1.82, 2.24) is 10.6 Å². The second kappa shape index (κ2) is 7.85.